The van der Waals surface area contributed by atoms with Gasteiger partial charge in [-0.1, -0.05) is 30.5 Å². The van der Waals surface area contributed by atoms with Crippen molar-refractivity contribution < 1.29 is 9.53 Å². The number of aromatic nitrogens is 1. The fraction of sp³-hybridized carbons (Fsp3) is 0.444. The van der Waals surface area contributed by atoms with Crippen molar-refractivity contribution >= 4 is 17.2 Å². The van der Waals surface area contributed by atoms with E-state index < -0.39 is 0 Å². The number of hydrogen-bond donors (Lipinski definition) is 1. The summed E-state index contributed by atoms with van der Waals surface area (Å²) in [6.07, 6.45) is 5.03. The van der Waals surface area contributed by atoms with Gasteiger partial charge in [0.1, 0.15) is 17.4 Å². The van der Waals surface area contributed by atoms with Crippen LogP contribution in [-0.2, 0) is 17.8 Å². The van der Waals surface area contributed by atoms with Gasteiger partial charge in [-0.2, -0.15) is 0 Å². The Morgan fingerprint density at radius 3 is 2.78 bits per heavy atom. The third-order valence-corrected chi connectivity index (χ3v) is 4.92. The second-order valence-electron chi connectivity index (χ2n) is 6.06. The van der Waals surface area contributed by atoms with Gasteiger partial charge in [0, 0.05) is 11.4 Å². The number of nitrogens with one attached hydrogen (secondary N) is 1. The Labute approximate surface area is 140 Å². The lowest BCUT2D eigenvalue weighted by atomic mass is 10.2. The molecule has 4 nitrogen and oxygen atoms in total. The van der Waals surface area contributed by atoms with Crippen LogP contribution in [0.3, 0.4) is 0 Å². The van der Waals surface area contributed by atoms with Crippen molar-refractivity contribution in [2.24, 2.45) is 0 Å². The number of carbonyl (C=O) groups excluding carboxylic acids is 1. The summed E-state index contributed by atoms with van der Waals surface area (Å²) in [6, 6.07) is 8.33. The monoisotopic (exact) mass is 330 g/mol. The van der Waals surface area contributed by atoms with Gasteiger partial charge in [-0.25, -0.2) is 4.98 Å². The number of thiazole rings is 1. The van der Waals surface area contributed by atoms with Gasteiger partial charge in [0.2, 0.25) is 5.91 Å². The van der Waals surface area contributed by atoms with Gasteiger partial charge < -0.3 is 10.1 Å². The summed E-state index contributed by atoms with van der Waals surface area (Å²) in [5.41, 5.74) is 2.04. The highest BCUT2D eigenvalue weighted by Gasteiger charge is 2.17. The highest BCUT2D eigenvalue weighted by atomic mass is 32.1. The number of carbonyl (C=O) groups is 1. The number of aryl methyl sites for hydroxylation is 1. The summed E-state index contributed by atoms with van der Waals surface area (Å²) in [5.74, 6) is 0.916. The molecular weight excluding hydrogens is 308 g/mol. The molecule has 0 spiro atoms. The highest BCUT2D eigenvalue weighted by Crippen LogP contribution is 2.19. The van der Waals surface area contributed by atoms with Crippen LogP contribution in [0.4, 0.5) is 0 Å². The van der Waals surface area contributed by atoms with Crippen molar-refractivity contribution in [2.75, 3.05) is 0 Å². The topological polar surface area (TPSA) is 51.2 Å². The van der Waals surface area contributed by atoms with E-state index in [1.54, 1.807) is 11.3 Å². The Kier molecular flexibility index (Phi) is 5.28. The normalized spacial score (nSPS) is 14.8. The molecule has 0 atom stereocenters. The van der Waals surface area contributed by atoms with Crippen LogP contribution in [0, 0.1) is 6.92 Å². The Hall–Kier alpha value is -1.88. The summed E-state index contributed by atoms with van der Waals surface area (Å²) < 4.78 is 5.72. The van der Waals surface area contributed by atoms with E-state index in [1.807, 2.05) is 36.6 Å². The molecule has 1 aliphatic rings. The van der Waals surface area contributed by atoms with Crippen LogP contribution < -0.4 is 10.1 Å². The summed E-state index contributed by atoms with van der Waals surface area (Å²) in [5, 5.41) is 5.94. The third-order valence-electron chi connectivity index (χ3n) is 4.04. The molecule has 1 aliphatic carbocycles. The molecule has 1 heterocycles. The Morgan fingerprint density at radius 2 is 2.04 bits per heavy atom. The number of rotatable bonds is 6. The quantitative estimate of drug-likeness (QED) is 0.880. The van der Waals surface area contributed by atoms with Gasteiger partial charge >= 0.3 is 0 Å². The number of benzene rings is 1. The van der Waals surface area contributed by atoms with Crippen LogP contribution in [0.15, 0.2) is 29.6 Å². The molecule has 0 bridgehead atoms. The first-order valence-electron chi connectivity index (χ1n) is 8.11. The number of hydrogen-bond acceptors (Lipinski definition) is 4. The summed E-state index contributed by atoms with van der Waals surface area (Å²) in [4.78, 5) is 16.5. The molecule has 0 unspecified atom stereocenters. The van der Waals surface area contributed by atoms with Gasteiger partial charge in [0.25, 0.3) is 0 Å². The molecule has 0 radical (unpaired) electrons. The predicted molar refractivity (Wildman–Crippen MR) is 91.7 cm³/mol. The van der Waals surface area contributed by atoms with Gasteiger partial charge in [-0.3, -0.25) is 4.79 Å². The maximum absolute atomic E-state index is 12.0. The first kappa shape index (κ1) is 16.0. The average Bonchev–Trinajstić information content (AvgIpc) is 3.19. The van der Waals surface area contributed by atoms with Crippen molar-refractivity contribution in [3.63, 3.8) is 0 Å². The second kappa shape index (κ2) is 7.59. The lowest BCUT2D eigenvalue weighted by Gasteiger charge is -2.10. The maximum atomic E-state index is 12.0. The van der Waals surface area contributed by atoms with E-state index in [-0.39, 0.29) is 5.91 Å². The largest absolute Gasteiger partial charge is 0.486 e. The molecule has 3 rings (SSSR count). The van der Waals surface area contributed by atoms with Crippen LogP contribution >= 0.6 is 11.3 Å². The maximum Gasteiger partial charge on any atom is 0.226 e. The van der Waals surface area contributed by atoms with E-state index in [4.69, 9.17) is 4.74 Å². The van der Waals surface area contributed by atoms with Crippen LogP contribution in [-0.4, -0.2) is 16.9 Å². The smallest absolute Gasteiger partial charge is 0.226 e. The molecule has 5 heteroatoms. The van der Waals surface area contributed by atoms with Gasteiger partial charge in [0.15, 0.2) is 0 Å². The van der Waals surface area contributed by atoms with Crippen molar-refractivity contribution in [3.8, 4) is 5.75 Å². The summed E-state index contributed by atoms with van der Waals surface area (Å²) in [6.45, 7) is 2.49. The van der Waals surface area contributed by atoms with E-state index in [9.17, 15) is 4.79 Å². The minimum absolute atomic E-state index is 0.0770. The molecule has 23 heavy (non-hydrogen) atoms. The van der Waals surface area contributed by atoms with Crippen molar-refractivity contribution in [2.45, 2.75) is 51.7 Å². The van der Waals surface area contributed by atoms with Crippen molar-refractivity contribution in [1.29, 1.82) is 0 Å². The molecule has 122 valence electrons. The summed E-state index contributed by atoms with van der Waals surface area (Å²) in [7, 11) is 0. The fourth-order valence-electron chi connectivity index (χ4n) is 2.79. The number of nitrogens with zero attached hydrogens (tertiary/aromatic N) is 1. The zero-order chi connectivity index (χ0) is 16.1. The van der Waals surface area contributed by atoms with Crippen LogP contribution in [0.5, 0.6) is 5.75 Å². The van der Waals surface area contributed by atoms with E-state index in [0.29, 0.717) is 19.1 Å². The number of amides is 1. The van der Waals surface area contributed by atoms with Gasteiger partial charge in [0.05, 0.1) is 12.1 Å². The average molecular weight is 330 g/mol. The highest BCUT2D eigenvalue weighted by molar-refractivity contribution is 7.09. The SMILES string of the molecule is Cc1ccc(OCc2nc(CC(=O)NC3CCCC3)cs2)cc1. The minimum atomic E-state index is 0.0770. The zero-order valence-electron chi connectivity index (χ0n) is 13.4. The van der Waals surface area contributed by atoms with Crippen molar-refractivity contribution in [3.05, 3.63) is 45.9 Å². The van der Waals surface area contributed by atoms with Crippen LogP contribution in [0.25, 0.3) is 0 Å². The van der Waals surface area contributed by atoms with Gasteiger partial charge in [-0.05, 0) is 31.9 Å². The van der Waals surface area contributed by atoms with E-state index in [1.165, 1.54) is 18.4 Å². The Balaban J connectivity index is 1.47. The molecular formula is C18H22N2O2S. The Bertz CT molecular complexity index is 645. The van der Waals surface area contributed by atoms with E-state index >= 15 is 0 Å². The molecule has 0 saturated heterocycles. The molecule has 0 aliphatic heterocycles. The van der Waals surface area contributed by atoms with Gasteiger partial charge in [-0.15, -0.1) is 11.3 Å². The molecule has 1 saturated carbocycles. The molecule has 1 amide bonds. The number of ether oxygens (including phenoxy) is 1. The van der Waals surface area contributed by atoms with Crippen molar-refractivity contribution in [1.82, 2.24) is 10.3 Å². The fourth-order valence-corrected chi connectivity index (χ4v) is 3.49. The van der Waals surface area contributed by atoms with Crippen LogP contribution in [0.2, 0.25) is 0 Å². The minimum Gasteiger partial charge on any atom is -0.486 e. The summed E-state index contributed by atoms with van der Waals surface area (Å²) >= 11 is 1.54. The lowest BCUT2D eigenvalue weighted by Crippen LogP contribution is -2.33. The van der Waals surface area contributed by atoms with E-state index in [2.05, 4.69) is 10.3 Å². The first-order chi connectivity index (χ1) is 11.2. The second-order valence-corrected chi connectivity index (χ2v) is 7.00. The first-order valence-corrected chi connectivity index (χ1v) is 8.99. The molecule has 1 aromatic carbocycles. The molecule has 1 N–H and O–H groups in total. The molecule has 2 aromatic rings. The third kappa shape index (κ3) is 4.79. The lowest BCUT2D eigenvalue weighted by molar-refractivity contribution is -0.121. The predicted octanol–water partition coefficient (Wildman–Crippen LogP) is 3.63. The van der Waals surface area contributed by atoms with E-state index in [0.717, 1.165) is 29.3 Å². The Morgan fingerprint density at radius 1 is 1.30 bits per heavy atom. The standard InChI is InChI=1S/C18H22N2O2S/c1-13-6-8-16(9-7-13)22-11-18-20-15(12-23-18)10-17(21)19-14-4-2-3-5-14/h6-9,12,14H,2-5,10-11H2,1H3,(H,19,21). The zero-order valence-corrected chi connectivity index (χ0v) is 14.2. The van der Waals surface area contributed by atoms with Crippen LogP contribution in [0.1, 0.15) is 41.9 Å². The molecule has 1 aromatic heterocycles. The molecule has 1 fully saturated rings.